The maximum Gasteiger partial charge on any atom is 0.415 e. The summed E-state index contributed by atoms with van der Waals surface area (Å²) < 4.78 is 46.4. The first-order chi connectivity index (χ1) is 32.1. The number of nitrogens with zero attached hydrogens (tertiary/aromatic N) is 4. The summed E-state index contributed by atoms with van der Waals surface area (Å²) in [7, 11) is 0. The molecule has 11 aromatic rings. The summed E-state index contributed by atoms with van der Waals surface area (Å²) >= 11 is 0. The molecule has 2 aromatic heterocycles. The van der Waals surface area contributed by atoms with Crippen LogP contribution < -0.4 is 0 Å². The lowest BCUT2D eigenvalue weighted by Gasteiger charge is -2.20. The van der Waals surface area contributed by atoms with Crippen LogP contribution in [0.3, 0.4) is 0 Å². The molecule has 0 saturated heterocycles. The van der Waals surface area contributed by atoms with Crippen LogP contribution in [0.1, 0.15) is 22.3 Å². The van der Waals surface area contributed by atoms with Crippen molar-refractivity contribution in [1.29, 1.82) is 5.26 Å². The van der Waals surface area contributed by atoms with E-state index in [9.17, 15) is 18.4 Å². The smallest absolute Gasteiger partial charge is 0.309 e. The van der Waals surface area contributed by atoms with E-state index in [0.717, 1.165) is 100 Å². The van der Waals surface area contributed by atoms with Crippen LogP contribution in [0.5, 0.6) is 0 Å². The molecule has 7 heteroatoms. The Labute approximate surface area is 379 Å². The van der Waals surface area contributed by atoms with Gasteiger partial charge in [0.2, 0.25) is 0 Å². The number of aryl methyl sites for hydroxylation is 2. The molecule has 0 N–H and O–H groups in total. The van der Waals surface area contributed by atoms with Gasteiger partial charge in [-0.1, -0.05) is 132 Å². The molecule has 0 amide bonds. The van der Waals surface area contributed by atoms with Crippen molar-refractivity contribution >= 4 is 49.3 Å². The number of nitriles is 1. The highest BCUT2D eigenvalue weighted by molar-refractivity contribution is 6.13. The molecule has 0 aliphatic rings. The molecule has 9 aromatic carbocycles. The van der Waals surface area contributed by atoms with E-state index in [4.69, 9.17) is 6.57 Å². The van der Waals surface area contributed by atoms with Gasteiger partial charge in [-0.25, -0.2) is 4.85 Å². The molecule has 11 rings (SSSR count). The van der Waals surface area contributed by atoms with Crippen LogP contribution in [0.2, 0.25) is 0 Å². The highest BCUT2D eigenvalue weighted by Crippen LogP contribution is 2.45. The van der Waals surface area contributed by atoms with E-state index in [2.05, 4.69) is 143 Å². The highest BCUT2D eigenvalue weighted by Gasteiger charge is 2.31. The second kappa shape index (κ2) is 15.6. The minimum absolute atomic E-state index is 0.101. The largest absolute Gasteiger partial charge is 0.415 e. The van der Waals surface area contributed by atoms with E-state index in [-0.39, 0.29) is 5.69 Å². The summed E-state index contributed by atoms with van der Waals surface area (Å²) in [5, 5.41) is 14.7. The molecule has 0 bridgehead atoms. The Balaban J connectivity index is 1.21. The summed E-state index contributed by atoms with van der Waals surface area (Å²) in [5.41, 5.74) is 14.1. The average Bonchev–Trinajstić information content (AvgIpc) is 3.85. The van der Waals surface area contributed by atoms with Gasteiger partial charge in [-0.15, -0.1) is 0 Å². The fraction of sp³-hybridized carbons (Fsp3) is 0.0508. The number of fused-ring (bicyclic) bond motifs is 6. The molecule has 314 valence electrons. The summed E-state index contributed by atoms with van der Waals surface area (Å²) in [6.07, 6.45) is -4.61. The van der Waals surface area contributed by atoms with Crippen LogP contribution in [-0.2, 0) is 6.18 Å². The molecular formula is C59H37F3N4. The van der Waals surface area contributed by atoms with Crippen molar-refractivity contribution in [3.63, 3.8) is 0 Å². The Morgan fingerprint density at radius 1 is 0.455 bits per heavy atom. The second-order valence-corrected chi connectivity index (χ2v) is 16.8. The zero-order chi connectivity index (χ0) is 45.3. The van der Waals surface area contributed by atoms with Crippen LogP contribution >= 0.6 is 0 Å². The Morgan fingerprint density at radius 3 is 1.50 bits per heavy atom. The zero-order valence-electron chi connectivity index (χ0n) is 35.8. The van der Waals surface area contributed by atoms with Gasteiger partial charge in [0.05, 0.1) is 51.6 Å². The SMILES string of the molecule is [C-]#[N+]c1cc(C(F)(F)F)ccc1-c1ccc(-n2c3ccccc3c3cc(-c4ccc(C)cc4)ccc32)c(-c2ccc(C#N)cc2-n2c3ccccc3c3cc(-c4ccc(C)cc4)ccc32)c1. The average molecular weight is 859 g/mol. The van der Waals surface area contributed by atoms with Gasteiger partial charge in [-0.3, -0.25) is 0 Å². The summed E-state index contributed by atoms with van der Waals surface area (Å²) in [5.74, 6) is 0. The fourth-order valence-corrected chi connectivity index (χ4v) is 9.49. The van der Waals surface area contributed by atoms with Crippen molar-refractivity contribution in [2.75, 3.05) is 0 Å². The highest BCUT2D eigenvalue weighted by atomic mass is 19.4. The third kappa shape index (κ3) is 6.69. The van der Waals surface area contributed by atoms with Gasteiger partial charge in [0.25, 0.3) is 0 Å². The van der Waals surface area contributed by atoms with E-state index >= 15 is 0 Å². The number of para-hydroxylation sites is 2. The predicted octanol–water partition coefficient (Wildman–Crippen LogP) is 16.6. The molecule has 66 heavy (non-hydrogen) atoms. The Bertz CT molecular complexity index is 3840. The van der Waals surface area contributed by atoms with Crippen molar-refractivity contribution in [2.45, 2.75) is 20.0 Å². The van der Waals surface area contributed by atoms with Gasteiger partial charge >= 0.3 is 6.18 Å². The van der Waals surface area contributed by atoms with Crippen molar-refractivity contribution < 1.29 is 13.2 Å². The molecule has 0 saturated carbocycles. The molecule has 4 nitrogen and oxygen atoms in total. The molecule has 2 heterocycles. The van der Waals surface area contributed by atoms with Crippen molar-refractivity contribution in [3.05, 3.63) is 222 Å². The molecule has 0 unspecified atom stereocenters. The minimum Gasteiger partial charge on any atom is -0.309 e. The van der Waals surface area contributed by atoms with E-state index in [1.807, 2.05) is 54.6 Å². The van der Waals surface area contributed by atoms with E-state index < -0.39 is 11.7 Å². The van der Waals surface area contributed by atoms with Crippen molar-refractivity contribution in [3.8, 4) is 62.0 Å². The Kier molecular flexibility index (Phi) is 9.46. The quantitative estimate of drug-likeness (QED) is 0.154. The third-order valence-electron chi connectivity index (χ3n) is 12.8. The van der Waals surface area contributed by atoms with Gasteiger partial charge < -0.3 is 9.13 Å². The number of hydrogen-bond donors (Lipinski definition) is 0. The van der Waals surface area contributed by atoms with Crippen LogP contribution in [0, 0.1) is 31.8 Å². The lowest BCUT2D eigenvalue weighted by Crippen LogP contribution is -2.04. The Hall–Kier alpha value is -8.65. The minimum atomic E-state index is -4.61. The molecule has 0 fully saturated rings. The van der Waals surface area contributed by atoms with Gasteiger partial charge in [0, 0.05) is 38.2 Å². The van der Waals surface area contributed by atoms with Gasteiger partial charge in [-0.05, 0) is 114 Å². The first-order valence-corrected chi connectivity index (χ1v) is 21.6. The van der Waals surface area contributed by atoms with E-state index in [1.54, 1.807) is 6.07 Å². The fourth-order valence-electron chi connectivity index (χ4n) is 9.49. The zero-order valence-corrected chi connectivity index (χ0v) is 35.8. The summed E-state index contributed by atoms with van der Waals surface area (Å²) in [6, 6.07) is 63.8. The van der Waals surface area contributed by atoms with Gasteiger partial charge in [0.1, 0.15) is 0 Å². The number of hydrogen-bond acceptors (Lipinski definition) is 1. The van der Waals surface area contributed by atoms with Crippen molar-refractivity contribution in [1.82, 2.24) is 9.13 Å². The molecule has 0 aliphatic carbocycles. The topological polar surface area (TPSA) is 38.0 Å². The van der Waals surface area contributed by atoms with Crippen LogP contribution in [0.25, 0.3) is 104 Å². The predicted molar refractivity (Wildman–Crippen MR) is 262 cm³/mol. The maximum absolute atomic E-state index is 14.0. The summed E-state index contributed by atoms with van der Waals surface area (Å²) in [4.78, 5) is 3.60. The number of halogens is 3. The van der Waals surface area contributed by atoms with Gasteiger partial charge in [-0.2, -0.15) is 18.4 Å². The third-order valence-corrected chi connectivity index (χ3v) is 12.8. The molecule has 0 radical (unpaired) electrons. The van der Waals surface area contributed by atoms with Crippen LogP contribution in [0.4, 0.5) is 18.9 Å². The normalized spacial score (nSPS) is 11.7. The Morgan fingerprint density at radius 2 is 0.955 bits per heavy atom. The van der Waals surface area contributed by atoms with Crippen LogP contribution in [0.15, 0.2) is 188 Å². The van der Waals surface area contributed by atoms with Crippen LogP contribution in [-0.4, -0.2) is 9.13 Å². The lowest BCUT2D eigenvalue weighted by atomic mass is 9.93. The molecule has 0 spiro atoms. The maximum atomic E-state index is 14.0. The van der Waals surface area contributed by atoms with E-state index in [1.165, 1.54) is 17.2 Å². The first-order valence-electron chi connectivity index (χ1n) is 21.6. The monoisotopic (exact) mass is 858 g/mol. The molecular weight excluding hydrogens is 822 g/mol. The summed E-state index contributed by atoms with van der Waals surface area (Å²) in [6.45, 7) is 12.2. The van der Waals surface area contributed by atoms with Crippen molar-refractivity contribution in [2.24, 2.45) is 0 Å². The first kappa shape index (κ1) is 40.1. The lowest BCUT2D eigenvalue weighted by molar-refractivity contribution is -0.137. The standard InChI is InChI=1S/C59H37F3N4/c1-36-12-17-39(18-13-36)41-21-27-55-49(31-41)46-8-4-6-10-53(46)65(55)56-29-23-43(45-26-24-44(59(60,61)62)34-52(45)64-3)33-51(56)48-25-16-38(35-63)30-58(48)66-54-11-7-5-9-47(54)50-32-42(22-28-57(50)66)40-19-14-37(2)15-20-40/h4-34H,1-2H3. The second-order valence-electron chi connectivity index (χ2n) is 16.8. The van der Waals surface area contributed by atoms with E-state index in [0.29, 0.717) is 16.7 Å². The van der Waals surface area contributed by atoms with Gasteiger partial charge in [0.15, 0.2) is 5.69 Å². The molecule has 0 atom stereocenters. The number of benzene rings is 9. The number of alkyl halides is 3. The number of rotatable bonds is 6. The number of aromatic nitrogens is 2. The molecule has 0 aliphatic heterocycles.